The highest BCUT2D eigenvalue weighted by Crippen LogP contribution is 2.23. The molecule has 2 aromatic rings. The van der Waals surface area contributed by atoms with Crippen LogP contribution in [0, 0.1) is 0 Å². The topological polar surface area (TPSA) is 87.2 Å². The highest BCUT2D eigenvalue weighted by atomic mass is 32.2. The Balaban J connectivity index is 1.78. The molecule has 0 bridgehead atoms. The molecule has 1 aliphatic rings. The number of unbranched alkanes of at least 4 members (excludes halogenated alkanes) is 2. The highest BCUT2D eigenvalue weighted by Gasteiger charge is 2.33. The van der Waals surface area contributed by atoms with Crippen molar-refractivity contribution in [1.29, 1.82) is 0 Å². The van der Waals surface area contributed by atoms with Gasteiger partial charge in [-0.15, -0.1) is 0 Å². The third kappa shape index (κ3) is 8.54. The fourth-order valence-electron chi connectivity index (χ4n) is 4.98. The minimum Gasteiger partial charge on any atom is -0.497 e. The molecule has 9 heteroatoms. The van der Waals surface area contributed by atoms with Gasteiger partial charge in [-0.2, -0.15) is 4.31 Å². The van der Waals surface area contributed by atoms with Gasteiger partial charge in [-0.25, -0.2) is 8.42 Å². The zero-order valence-electron chi connectivity index (χ0n) is 23.5. The molecular weight excluding hydrogens is 514 g/mol. The molecule has 0 aliphatic carbocycles. The van der Waals surface area contributed by atoms with E-state index in [1.54, 1.807) is 37.4 Å². The van der Waals surface area contributed by atoms with Gasteiger partial charge in [0.25, 0.3) is 0 Å². The van der Waals surface area contributed by atoms with E-state index in [0.717, 1.165) is 30.6 Å². The molecule has 0 atom stereocenters. The molecule has 1 heterocycles. The van der Waals surface area contributed by atoms with Gasteiger partial charge in [0.05, 0.1) is 18.6 Å². The van der Waals surface area contributed by atoms with Crippen molar-refractivity contribution in [2.24, 2.45) is 0 Å². The van der Waals surface area contributed by atoms with E-state index < -0.39 is 10.0 Å². The molecule has 0 spiro atoms. The molecule has 2 aromatic carbocycles. The predicted molar refractivity (Wildman–Crippen MR) is 153 cm³/mol. The van der Waals surface area contributed by atoms with Crippen molar-refractivity contribution in [3.63, 3.8) is 0 Å². The van der Waals surface area contributed by atoms with E-state index in [4.69, 9.17) is 4.74 Å². The van der Waals surface area contributed by atoms with Crippen molar-refractivity contribution in [3.05, 3.63) is 60.2 Å². The van der Waals surface area contributed by atoms with E-state index in [0.29, 0.717) is 45.3 Å². The molecule has 2 amide bonds. The summed E-state index contributed by atoms with van der Waals surface area (Å²) in [5.41, 5.74) is 0.940. The summed E-state index contributed by atoms with van der Waals surface area (Å²) in [6.07, 6.45) is 5.52. The number of sulfonamides is 1. The molecule has 3 rings (SSSR count). The molecule has 0 unspecified atom stereocenters. The Hall–Kier alpha value is -2.91. The Bertz CT molecular complexity index is 1150. The van der Waals surface area contributed by atoms with Crippen LogP contribution in [0.1, 0.15) is 64.4 Å². The Morgan fingerprint density at radius 2 is 1.62 bits per heavy atom. The molecule has 214 valence electrons. The van der Waals surface area contributed by atoms with Crippen LogP contribution >= 0.6 is 0 Å². The zero-order valence-corrected chi connectivity index (χ0v) is 24.4. The van der Waals surface area contributed by atoms with E-state index in [2.05, 4.69) is 6.92 Å². The first-order valence-corrected chi connectivity index (χ1v) is 15.5. The van der Waals surface area contributed by atoms with Gasteiger partial charge in [0.1, 0.15) is 5.75 Å². The zero-order chi connectivity index (χ0) is 28.3. The van der Waals surface area contributed by atoms with Gasteiger partial charge in [-0.05, 0) is 55.5 Å². The summed E-state index contributed by atoms with van der Waals surface area (Å²) >= 11 is 0. The fraction of sp³-hybridized carbons (Fsp3) is 0.533. The molecule has 0 saturated carbocycles. The maximum Gasteiger partial charge on any atom is 0.243 e. The number of carbonyl (C=O) groups is 2. The Morgan fingerprint density at radius 3 is 2.21 bits per heavy atom. The molecule has 8 nitrogen and oxygen atoms in total. The lowest BCUT2D eigenvalue weighted by atomic mass is 10.0. The third-order valence-electron chi connectivity index (χ3n) is 7.25. The summed E-state index contributed by atoms with van der Waals surface area (Å²) in [5, 5.41) is 0. The second-order valence-corrected chi connectivity index (χ2v) is 12.0. The fourth-order valence-corrected chi connectivity index (χ4v) is 6.48. The van der Waals surface area contributed by atoms with Gasteiger partial charge in [0, 0.05) is 38.6 Å². The average Bonchev–Trinajstić information content (AvgIpc) is 2.96. The maximum atomic E-state index is 13.8. The van der Waals surface area contributed by atoms with E-state index in [1.807, 2.05) is 41.0 Å². The number of nitrogens with zero attached hydrogens (tertiary/aromatic N) is 3. The number of piperidine rings is 1. The molecule has 39 heavy (non-hydrogen) atoms. The quantitative estimate of drug-likeness (QED) is 0.315. The lowest BCUT2D eigenvalue weighted by molar-refractivity contribution is -0.137. The number of rotatable bonds is 14. The lowest BCUT2D eigenvalue weighted by Gasteiger charge is -2.39. The van der Waals surface area contributed by atoms with Crippen molar-refractivity contribution in [1.82, 2.24) is 14.1 Å². The second-order valence-electron chi connectivity index (χ2n) is 10.1. The smallest absolute Gasteiger partial charge is 0.243 e. The van der Waals surface area contributed by atoms with E-state index in [-0.39, 0.29) is 35.8 Å². The van der Waals surface area contributed by atoms with Gasteiger partial charge < -0.3 is 14.5 Å². The molecular formula is C30H43N3O5S. The van der Waals surface area contributed by atoms with Crippen LogP contribution in [0.25, 0.3) is 0 Å². The van der Waals surface area contributed by atoms with Crippen LogP contribution in [0.5, 0.6) is 5.75 Å². The van der Waals surface area contributed by atoms with Crippen LogP contribution in [-0.2, 0) is 26.2 Å². The number of amides is 2. The number of likely N-dealkylation sites (tertiary alicyclic amines) is 1. The largest absolute Gasteiger partial charge is 0.497 e. The van der Waals surface area contributed by atoms with Crippen molar-refractivity contribution in [2.75, 3.05) is 33.3 Å². The Morgan fingerprint density at radius 1 is 0.949 bits per heavy atom. The summed E-state index contributed by atoms with van der Waals surface area (Å²) in [7, 11) is -2.21. The van der Waals surface area contributed by atoms with Gasteiger partial charge in [0.15, 0.2) is 0 Å². The summed E-state index contributed by atoms with van der Waals surface area (Å²) in [6.45, 7) is 5.62. The third-order valence-corrected chi connectivity index (χ3v) is 9.11. The molecule has 1 saturated heterocycles. The standard InChI is InChI=1S/C30H43N3O5S/c1-4-6-8-13-29(34)31-21-18-26(19-22-31)33(23-25-14-16-27(38-3)17-15-25)30(35)24-32(20-5-2)39(36,37)28-11-9-7-10-12-28/h7,9-12,14-17,26H,4-6,8,13,18-24H2,1-3H3. The number of carbonyl (C=O) groups excluding carboxylic acids is 2. The number of hydrogen-bond donors (Lipinski definition) is 0. The number of hydrogen-bond acceptors (Lipinski definition) is 5. The van der Waals surface area contributed by atoms with Crippen LogP contribution in [0.4, 0.5) is 0 Å². The highest BCUT2D eigenvalue weighted by molar-refractivity contribution is 7.89. The summed E-state index contributed by atoms with van der Waals surface area (Å²) in [5.74, 6) is 0.680. The van der Waals surface area contributed by atoms with Gasteiger partial charge in [0.2, 0.25) is 21.8 Å². The first-order valence-electron chi connectivity index (χ1n) is 14.1. The molecule has 0 aromatic heterocycles. The lowest BCUT2D eigenvalue weighted by Crippen LogP contribution is -2.51. The average molecular weight is 558 g/mol. The van der Waals surface area contributed by atoms with Gasteiger partial charge in [-0.1, -0.05) is 57.0 Å². The number of ether oxygens (including phenoxy) is 1. The predicted octanol–water partition coefficient (Wildman–Crippen LogP) is 4.70. The van der Waals surface area contributed by atoms with Crippen LogP contribution < -0.4 is 4.74 Å². The van der Waals surface area contributed by atoms with Crippen molar-refractivity contribution in [3.8, 4) is 5.75 Å². The molecule has 0 radical (unpaired) electrons. The van der Waals surface area contributed by atoms with Crippen LogP contribution in [-0.4, -0.2) is 73.7 Å². The van der Waals surface area contributed by atoms with E-state index >= 15 is 0 Å². The Labute approximate surface area is 234 Å². The van der Waals surface area contributed by atoms with Crippen LogP contribution in [0.15, 0.2) is 59.5 Å². The summed E-state index contributed by atoms with van der Waals surface area (Å²) < 4.78 is 33.4. The van der Waals surface area contributed by atoms with E-state index in [1.165, 1.54) is 4.31 Å². The number of benzene rings is 2. The van der Waals surface area contributed by atoms with Crippen LogP contribution in [0.3, 0.4) is 0 Å². The van der Waals surface area contributed by atoms with Crippen molar-refractivity contribution in [2.45, 2.75) is 76.3 Å². The molecule has 1 fully saturated rings. The minimum atomic E-state index is -3.82. The van der Waals surface area contributed by atoms with Gasteiger partial charge in [-0.3, -0.25) is 9.59 Å². The first-order chi connectivity index (χ1) is 18.8. The van der Waals surface area contributed by atoms with Crippen LogP contribution in [0.2, 0.25) is 0 Å². The van der Waals surface area contributed by atoms with Crippen molar-refractivity contribution >= 4 is 21.8 Å². The normalized spacial score (nSPS) is 14.4. The van der Waals surface area contributed by atoms with Crippen molar-refractivity contribution < 1.29 is 22.7 Å². The molecule has 0 N–H and O–H groups in total. The second kappa shape index (κ2) is 15.0. The summed E-state index contributed by atoms with van der Waals surface area (Å²) in [6, 6.07) is 15.8. The Kier molecular flexibility index (Phi) is 11.8. The maximum absolute atomic E-state index is 13.8. The SMILES string of the molecule is CCCCCC(=O)N1CCC(N(Cc2ccc(OC)cc2)C(=O)CN(CCC)S(=O)(=O)c2ccccc2)CC1. The number of methoxy groups -OCH3 is 1. The first kappa shape index (κ1) is 30.6. The van der Waals surface area contributed by atoms with E-state index in [9.17, 15) is 18.0 Å². The van der Waals surface area contributed by atoms with Gasteiger partial charge >= 0.3 is 0 Å². The monoisotopic (exact) mass is 557 g/mol. The molecule has 1 aliphatic heterocycles. The minimum absolute atomic E-state index is 0.0813. The summed E-state index contributed by atoms with van der Waals surface area (Å²) in [4.78, 5) is 30.4.